The van der Waals surface area contributed by atoms with Crippen LogP contribution in [-0.4, -0.2) is 74.5 Å². The predicted octanol–water partition coefficient (Wildman–Crippen LogP) is 0.396. The third kappa shape index (κ3) is 7.47. The van der Waals surface area contributed by atoms with Gasteiger partial charge in [-0.05, 0) is 31.1 Å². The molecular formula is C21H35BN5O5SWY-. The molecule has 1 heterocycles. The fourth-order valence-electron chi connectivity index (χ4n) is 4.20. The van der Waals surface area contributed by atoms with E-state index in [9.17, 15) is 22.8 Å². The molecule has 0 spiro atoms. The van der Waals surface area contributed by atoms with Crippen LogP contribution in [0, 0.1) is 11.3 Å². The molecule has 10 nitrogen and oxygen atoms in total. The summed E-state index contributed by atoms with van der Waals surface area (Å²) in [5.74, 6) is -2.22. The van der Waals surface area contributed by atoms with Gasteiger partial charge in [-0.1, -0.05) is 34.3 Å². The Bertz CT molecular complexity index is 930. The van der Waals surface area contributed by atoms with Crippen molar-refractivity contribution in [2.24, 2.45) is 11.3 Å². The summed E-state index contributed by atoms with van der Waals surface area (Å²) in [6.07, 6.45) is 2.83. The van der Waals surface area contributed by atoms with Gasteiger partial charge in [-0.3, -0.25) is 19.1 Å². The largest absolute Gasteiger partial charge is 0.673 e. The number of hydrogen-bond acceptors (Lipinski definition) is 6. The van der Waals surface area contributed by atoms with E-state index in [2.05, 4.69) is 21.8 Å². The van der Waals surface area contributed by atoms with Crippen LogP contribution in [0.5, 0.6) is 0 Å². The number of sulfonamides is 1. The first-order chi connectivity index (χ1) is 14.8. The van der Waals surface area contributed by atoms with Crippen molar-refractivity contribution in [3.05, 3.63) is 18.4 Å². The molecule has 5 atom stereocenters. The van der Waals surface area contributed by atoms with Gasteiger partial charge in [-0.2, -0.15) is 0 Å². The van der Waals surface area contributed by atoms with E-state index in [1.807, 2.05) is 20.8 Å². The van der Waals surface area contributed by atoms with Gasteiger partial charge in [0.25, 0.3) is 5.91 Å². The number of rotatable bonds is 8. The van der Waals surface area contributed by atoms with Crippen molar-refractivity contribution in [3.63, 3.8) is 0 Å². The van der Waals surface area contributed by atoms with Crippen LogP contribution in [0.4, 0.5) is 0 Å². The minimum atomic E-state index is -3.78. The fraction of sp³-hybridized carbons (Fsp3) is 0.762. The summed E-state index contributed by atoms with van der Waals surface area (Å²) in [5, 5.41) is 4.60. The number of hydrogen-bond donors (Lipinski definition) is 3. The quantitative estimate of drug-likeness (QED) is 0.242. The molecule has 3 fully saturated rings. The van der Waals surface area contributed by atoms with Crippen LogP contribution in [-0.2, 0) is 78.2 Å². The van der Waals surface area contributed by atoms with Crippen LogP contribution in [0.2, 0.25) is 0 Å². The number of amides is 3. The van der Waals surface area contributed by atoms with Gasteiger partial charge in [-0.15, -0.1) is 12.6 Å². The Morgan fingerprint density at radius 1 is 1.26 bits per heavy atom. The first-order valence-corrected chi connectivity index (χ1v) is 12.3. The van der Waals surface area contributed by atoms with Crippen molar-refractivity contribution in [1.29, 1.82) is 0 Å². The van der Waals surface area contributed by atoms with Crippen LogP contribution in [0.3, 0.4) is 0 Å². The van der Waals surface area contributed by atoms with Crippen molar-refractivity contribution < 1.29 is 76.6 Å². The molecule has 1 aliphatic heterocycles. The fourth-order valence-corrected chi connectivity index (χ4v) is 5.57. The minimum Gasteiger partial charge on any atom is -0.673 e. The number of carbonyl (C=O) groups is 3. The zero-order valence-electron chi connectivity index (χ0n) is 19.7. The molecule has 14 heteroatoms. The predicted molar refractivity (Wildman–Crippen MR) is 126 cm³/mol. The third-order valence-corrected chi connectivity index (χ3v) is 8.23. The van der Waals surface area contributed by atoms with E-state index in [4.69, 9.17) is 13.7 Å². The van der Waals surface area contributed by atoms with Gasteiger partial charge in [0.1, 0.15) is 11.6 Å². The number of likely N-dealkylation sites (tertiary alicyclic amines) is 1. The summed E-state index contributed by atoms with van der Waals surface area (Å²) in [5.41, 5.74) is 6.15. The summed E-state index contributed by atoms with van der Waals surface area (Å²) in [4.78, 5) is 40.5. The standard InChI is InChI=1S/C20H31BN5O5S.CH4.W.Y/c1-5-11-9-20(11,18(29)25-32(30,31)13-6-7-13)23-16(27)14-8-12(22)10-26(14)17(28)15(24-21)19(2,3)4;;;/h5,11-15,22,24H,1,6-10H2,2-4H3,(H,23,27)(H,25,29);1H4;;/q-1;;;/t11?,12-,14+,15-,20?;;;/m1.../s1. The molecule has 2 aliphatic carbocycles. The van der Waals surface area contributed by atoms with E-state index in [1.54, 1.807) is 0 Å². The van der Waals surface area contributed by atoms with E-state index in [1.165, 1.54) is 11.0 Å². The average molecular weight is 753 g/mol. The van der Waals surface area contributed by atoms with Crippen molar-refractivity contribution in [1.82, 2.24) is 20.2 Å². The van der Waals surface area contributed by atoms with Gasteiger partial charge < -0.3 is 21.2 Å². The van der Waals surface area contributed by atoms with E-state index >= 15 is 0 Å². The molecule has 3 amide bonds. The molecule has 0 bridgehead atoms. The maximum atomic E-state index is 13.2. The molecule has 3 rings (SSSR count). The molecule has 0 aromatic rings. The molecule has 0 aromatic heterocycles. The Morgan fingerprint density at radius 2 is 1.83 bits per heavy atom. The topological polar surface area (TPSA) is 148 Å². The summed E-state index contributed by atoms with van der Waals surface area (Å²) < 4.78 is 26.6. The summed E-state index contributed by atoms with van der Waals surface area (Å²) in [6.45, 7) is 9.22. The van der Waals surface area contributed by atoms with Crippen molar-refractivity contribution in [2.75, 3.05) is 6.54 Å². The normalized spacial score (nSPS) is 28.3. The first-order valence-electron chi connectivity index (χ1n) is 10.7. The van der Waals surface area contributed by atoms with Crippen molar-refractivity contribution in [3.8, 4) is 0 Å². The summed E-state index contributed by atoms with van der Waals surface area (Å²) >= 11 is 0. The second-order valence-corrected chi connectivity index (χ2v) is 12.0. The molecule has 4 N–H and O–H groups in total. The van der Waals surface area contributed by atoms with Gasteiger partial charge >= 0.3 is 0 Å². The van der Waals surface area contributed by atoms with Crippen LogP contribution < -0.4 is 15.3 Å². The van der Waals surface area contributed by atoms with Gasteiger partial charge in [0, 0.05) is 66.2 Å². The second-order valence-electron chi connectivity index (χ2n) is 10.1. The van der Waals surface area contributed by atoms with E-state index in [0.717, 1.165) is 0 Å². The van der Waals surface area contributed by atoms with Gasteiger partial charge in [0.15, 0.2) is 7.98 Å². The zero-order chi connectivity index (χ0) is 24.1. The molecule has 3 aliphatic rings. The SMILES string of the molecule is C.[B]N[C@H](C(=O)N1C[C@H]([NH-])C[C@H]1C(=O)NC1(C(=O)NS(=O)(=O)C2CC2)CC1C=C)C(C)(C)C.[W].[Y]. The van der Waals surface area contributed by atoms with Crippen molar-refractivity contribution in [2.45, 2.75) is 82.8 Å². The third-order valence-electron chi connectivity index (χ3n) is 6.42. The summed E-state index contributed by atoms with van der Waals surface area (Å²) in [7, 11) is 1.81. The maximum Gasteiger partial charge on any atom is 0.259 e. The molecule has 3 radical (unpaired) electrons. The van der Waals surface area contributed by atoms with Crippen LogP contribution in [0.25, 0.3) is 5.73 Å². The Labute approximate surface area is 249 Å². The Balaban J connectivity index is 0.00000385. The van der Waals surface area contributed by atoms with E-state index < -0.39 is 68.0 Å². The van der Waals surface area contributed by atoms with Gasteiger partial charge in [-0.25, -0.2) is 8.42 Å². The molecule has 1 saturated heterocycles. The molecule has 35 heavy (non-hydrogen) atoms. The minimum absolute atomic E-state index is 0. The van der Waals surface area contributed by atoms with Crippen molar-refractivity contribution >= 4 is 35.7 Å². The molecule has 2 saturated carbocycles. The van der Waals surface area contributed by atoms with Crippen LogP contribution in [0.1, 0.15) is 53.9 Å². The smallest absolute Gasteiger partial charge is 0.259 e. The summed E-state index contributed by atoms with van der Waals surface area (Å²) in [6, 6.07) is -2.40. The molecule has 2 unspecified atom stereocenters. The van der Waals surface area contributed by atoms with Gasteiger partial charge in [0.2, 0.25) is 21.8 Å². The maximum absolute atomic E-state index is 13.2. The monoisotopic (exact) mass is 753 g/mol. The van der Waals surface area contributed by atoms with Crippen LogP contribution in [0.15, 0.2) is 12.7 Å². The first kappa shape index (κ1) is 34.9. The van der Waals surface area contributed by atoms with E-state index in [-0.39, 0.29) is 80.6 Å². The Kier molecular flexibility index (Phi) is 12.6. The zero-order valence-corrected chi connectivity index (χ0v) is 26.3. The Morgan fingerprint density at radius 3 is 2.26 bits per heavy atom. The number of carbonyl (C=O) groups excluding carboxylic acids is 3. The average Bonchev–Trinajstić information content (AvgIpc) is 3.58. The Hall–Kier alpha value is -0.123. The molecular weight excluding hydrogens is 718 g/mol. The van der Waals surface area contributed by atoms with Crippen LogP contribution >= 0.6 is 0 Å². The second kappa shape index (κ2) is 12.6. The molecule has 193 valence electrons. The molecule has 0 aromatic carbocycles. The number of nitrogens with one attached hydrogen (secondary N) is 4. The van der Waals surface area contributed by atoms with E-state index in [0.29, 0.717) is 12.8 Å². The number of nitrogens with zero attached hydrogens (tertiary/aromatic N) is 1. The van der Waals surface area contributed by atoms with Gasteiger partial charge in [0.05, 0.1) is 11.3 Å².